The van der Waals surface area contributed by atoms with Crippen LogP contribution < -0.4 is 13.3 Å². The highest BCUT2D eigenvalue weighted by molar-refractivity contribution is 8.26. The van der Waals surface area contributed by atoms with Crippen LogP contribution in [-0.4, -0.2) is 38.6 Å². The van der Waals surface area contributed by atoms with Crippen LogP contribution in [0.15, 0.2) is 48.8 Å². The first-order valence-electron chi connectivity index (χ1n) is 10.4. The largest absolute Gasteiger partial charge is 0.437 e. The van der Waals surface area contributed by atoms with Crippen LogP contribution in [0.1, 0.15) is 17.7 Å². The molecule has 1 aromatic heterocycles. The van der Waals surface area contributed by atoms with Gasteiger partial charge in [-0.25, -0.2) is 13.8 Å². The monoisotopic (exact) mass is 485 g/mol. The summed E-state index contributed by atoms with van der Waals surface area (Å²) < 4.78 is 56.9. The second-order valence-corrected chi connectivity index (χ2v) is 10.3. The zero-order valence-corrected chi connectivity index (χ0v) is 19.1. The molecular formula is C23H21F2N5O3S. The van der Waals surface area contributed by atoms with E-state index in [4.69, 9.17) is 4.74 Å². The number of halogens is 2. The minimum absolute atomic E-state index is 0.156. The summed E-state index contributed by atoms with van der Waals surface area (Å²) in [5.74, 6) is -2.93. The van der Waals surface area contributed by atoms with Crippen LogP contribution in [0.4, 0.5) is 20.2 Å². The number of hydrogen-bond acceptors (Lipinski definition) is 8. The molecule has 0 amide bonds. The molecule has 176 valence electrons. The molecule has 0 bridgehead atoms. The highest BCUT2D eigenvalue weighted by Gasteiger charge is 2.59. The van der Waals surface area contributed by atoms with Crippen LogP contribution in [0.5, 0.6) is 11.6 Å². The van der Waals surface area contributed by atoms with E-state index in [1.807, 2.05) is 0 Å². The average molecular weight is 486 g/mol. The molecule has 1 unspecified atom stereocenters. The van der Waals surface area contributed by atoms with Crippen LogP contribution in [0, 0.1) is 24.2 Å². The van der Waals surface area contributed by atoms with Crippen molar-refractivity contribution in [2.75, 3.05) is 22.2 Å². The third-order valence-corrected chi connectivity index (χ3v) is 7.83. The Balaban J connectivity index is 1.50. The van der Waals surface area contributed by atoms with Gasteiger partial charge in [0, 0.05) is 37.7 Å². The number of fused-ring (bicyclic) bond motifs is 1. The van der Waals surface area contributed by atoms with Gasteiger partial charge >= 0.3 is 0 Å². The Labute approximate surface area is 196 Å². The predicted octanol–water partition coefficient (Wildman–Crippen LogP) is 5.61. The fraction of sp³-hybridized carbons (Fsp3) is 0.261. The Morgan fingerprint density at radius 2 is 1.97 bits per heavy atom. The van der Waals surface area contributed by atoms with Crippen molar-refractivity contribution in [3.8, 4) is 28.8 Å². The molecule has 11 heteroatoms. The van der Waals surface area contributed by atoms with Crippen LogP contribution in [0.2, 0.25) is 0 Å². The number of rotatable bonds is 5. The summed E-state index contributed by atoms with van der Waals surface area (Å²) in [5, 5.41) is 9.64. The molecule has 0 radical (unpaired) electrons. The van der Waals surface area contributed by atoms with E-state index < -0.39 is 22.8 Å². The van der Waals surface area contributed by atoms with Crippen molar-refractivity contribution in [1.82, 2.24) is 9.97 Å². The van der Waals surface area contributed by atoms with Crippen molar-refractivity contribution in [3.05, 3.63) is 60.0 Å². The fourth-order valence-corrected chi connectivity index (χ4v) is 5.47. The van der Waals surface area contributed by atoms with E-state index in [0.29, 0.717) is 45.4 Å². The summed E-state index contributed by atoms with van der Waals surface area (Å²) in [5.41, 5.74) is 3.22. The molecule has 34 heavy (non-hydrogen) atoms. The fourth-order valence-electron chi connectivity index (χ4n) is 3.97. The van der Waals surface area contributed by atoms with Crippen LogP contribution in [0.3, 0.4) is 0 Å². The van der Waals surface area contributed by atoms with Crippen molar-refractivity contribution in [2.24, 2.45) is 5.92 Å². The molecule has 8 nitrogen and oxygen atoms in total. The Kier molecular flexibility index (Phi) is 5.12. The lowest BCUT2D eigenvalue weighted by Crippen LogP contribution is -2.33. The molecule has 3 aromatic rings. The number of nitriles is 1. The van der Waals surface area contributed by atoms with Gasteiger partial charge < -0.3 is 4.74 Å². The number of alkyl halides is 2. The molecule has 2 aromatic carbocycles. The summed E-state index contributed by atoms with van der Waals surface area (Å²) in [7, 11) is -1.97. The number of benzene rings is 2. The van der Waals surface area contributed by atoms with E-state index in [1.54, 1.807) is 49.5 Å². The Morgan fingerprint density at radius 1 is 1.21 bits per heavy atom. The maximum atomic E-state index is 13.5. The molecule has 0 spiro atoms. The van der Waals surface area contributed by atoms with Crippen molar-refractivity contribution in [3.63, 3.8) is 0 Å². The highest BCUT2D eigenvalue weighted by Crippen LogP contribution is 2.63. The first kappa shape index (κ1) is 22.3. The topological polar surface area (TPSA) is 106 Å². The summed E-state index contributed by atoms with van der Waals surface area (Å²) in [4.78, 5) is 8.32. The summed E-state index contributed by atoms with van der Waals surface area (Å²) in [6.45, 7) is 1.64. The van der Waals surface area contributed by atoms with Gasteiger partial charge in [-0.15, -0.1) is 0 Å². The standard InChI is InChI=1S/C23H21F2N5O3S/c1-14-11-27-12-22(28-14)33-18-5-3-16(10-26)19(8-18)15-4-6-20-21(7-15)29(2)34(31,32)30(20)13-17-9-23(17,24)25/h3-8,11-12,17,31-32H,9,13H2,1-2H3. The molecular weight excluding hydrogens is 464 g/mol. The van der Waals surface area contributed by atoms with E-state index in [9.17, 15) is 23.1 Å². The second-order valence-electron chi connectivity index (χ2n) is 8.33. The maximum Gasteiger partial charge on any atom is 0.253 e. The van der Waals surface area contributed by atoms with Crippen molar-refractivity contribution in [2.45, 2.75) is 19.3 Å². The molecule has 1 aliphatic carbocycles. The van der Waals surface area contributed by atoms with Crippen molar-refractivity contribution < 1.29 is 22.6 Å². The smallest absolute Gasteiger partial charge is 0.253 e. The van der Waals surface area contributed by atoms with Crippen LogP contribution >= 0.6 is 11.0 Å². The number of ether oxygens (including phenoxy) is 1. The molecule has 5 rings (SSSR count). The molecule has 2 aliphatic rings. The molecule has 1 atom stereocenters. The van der Waals surface area contributed by atoms with Gasteiger partial charge in [0.05, 0.1) is 34.9 Å². The summed E-state index contributed by atoms with van der Waals surface area (Å²) in [6.07, 6.45) is 2.83. The van der Waals surface area contributed by atoms with Crippen molar-refractivity contribution in [1.29, 1.82) is 5.26 Å². The molecule has 2 heterocycles. The molecule has 1 fully saturated rings. The predicted molar refractivity (Wildman–Crippen MR) is 125 cm³/mol. The number of nitrogens with zero attached hydrogens (tertiary/aromatic N) is 5. The minimum atomic E-state index is -3.47. The van der Waals surface area contributed by atoms with Gasteiger partial charge in [0.25, 0.3) is 5.92 Å². The number of anilines is 2. The van der Waals surface area contributed by atoms with Crippen LogP contribution in [0.25, 0.3) is 11.1 Å². The van der Waals surface area contributed by atoms with E-state index in [0.717, 1.165) is 0 Å². The lowest BCUT2D eigenvalue weighted by atomic mass is 9.99. The van der Waals surface area contributed by atoms with E-state index in [2.05, 4.69) is 16.0 Å². The second kappa shape index (κ2) is 7.80. The first-order chi connectivity index (χ1) is 16.1. The van der Waals surface area contributed by atoms with E-state index in [1.165, 1.54) is 21.9 Å². The molecule has 1 saturated carbocycles. The maximum absolute atomic E-state index is 13.5. The molecule has 2 N–H and O–H groups in total. The van der Waals surface area contributed by atoms with Crippen molar-refractivity contribution >= 4 is 22.3 Å². The van der Waals surface area contributed by atoms with Gasteiger partial charge in [-0.3, -0.25) is 22.7 Å². The van der Waals surface area contributed by atoms with Gasteiger partial charge in [0.1, 0.15) is 5.75 Å². The molecule has 1 aliphatic heterocycles. The highest BCUT2D eigenvalue weighted by atomic mass is 32.3. The summed E-state index contributed by atoms with van der Waals surface area (Å²) in [6, 6.07) is 12.2. The van der Waals surface area contributed by atoms with Gasteiger partial charge in [-0.05, 0) is 53.8 Å². The first-order valence-corrected chi connectivity index (χ1v) is 11.9. The lowest BCUT2D eigenvalue weighted by Gasteiger charge is -2.42. The van der Waals surface area contributed by atoms with E-state index >= 15 is 0 Å². The van der Waals surface area contributed by atoms with Gasteiger partial charge in [-0.1, -0.05) is 6.07 Å². The SMILES string of the molecule is Cc1cncc(Oc2ccc(C#N)c(-c3ccc4c(c3)N(C)S(O)(O)N4CC3CC3(F)F)c2)n1. The Morgan fingerprint density at radius 3 is 2.65 bits per heavy atom. The lowest BCUT2D eigenvalue weighted by molar-refractivity contribution is 0.101. The van der Waals surface area contributed by atoms with Crippen LogP contribution in [-0.2, 0) is 0 Å². The minimum Gasteiger partial charge on any atom is -0.437 e. The number of aryl methyl sites for hydroxylation is 1. The Hall–Kier alpha value is -3.46. The average Bonchev–Trinajstić information content (AvgIpc) is 3.36. The normalized spacial score (nSPS) is 20.4. The van der Waals surface area contributed by atoms with Gasteiger partial charge in [-0.2, -0.15) is 5.26 Å². The van der Waals surface area contributed by atoms with E-state index in [-0.39, 0.29) is 13.0 Å². The molecule has 0 saturated heterocycles. The number of hydrogen-bond donors (Lipinski definition) is 2. The zero-order valence-electron chi connectivity index (χ0n) is 18.3. The summed E-state index contributed by atoms with van der Waals surface area (Å²) >= 11 is 0. The number of aromatic nitrogens is 2. The zero-order chi connectivity index (χ0) is 24.3. The van der Waals surface area contributed by atoms with Gasteiger partial charge in [0.2, 0.25) is 5.88 Å². The third-order valence-electron chi connectivity index (χ3n) is 5.97. The quantitative estimate of drug-likeness (QED) is 0.481. The Bertz CT molecular complexity index is 1330. The van der Waals surface area contributed by atoms with Gasteiger partial charge in [0.15, 0.2) is 0 Å². The third kappa shape index (κ3) is 3.79.